The van der Waals surface area contributed by atoms with Crippen molar-refractivity contribution in [3.8, 4) is 11.3 Å². The summed E-state index contributed by atoms with van der Waals surface area (Å²) >= 11 is 0. The fraction of sp³-hybridized carbons (Fsp3) is 0.543. The molecule has 2 aromatic carbocycles. The van der Waals surface area contributed by atoms with E-state index >= 15 is 0 Å². The predicted molar refractivity (Wildman–Crippen MR) is 164 cm³/mol. The largest absolute Gasteiger partial charge is 0.349 e. The Kier molecular flexibility index (Phi) is 8.50. The highest BCUT2D eigenvalue weighted by atomic mass is 16.1. The van der Waals surface area contributed by atoms with Gasteiger partial charge in [-0.2, -0.15) is 5.01 Å². The predicted octanol–water partition coefficient (Wildman–Crippen LogP) is 7.50. The van der Waals surface area contributed by atoms with Gasteiger partial charge in [0.25, 0.3) is 5.91 Å². The number of piperidine rings is 2. The molecule has 40 heavy (non-hydrogen) atoms. The highest BCUT2D eigenvalue weighted by Gasteiger charge is 2.40. The van der Waals surface area contributed by atoms with E-state index in [4.69, 9.17) is 4.98 Å². The van der Waals surface area contributed by atoms with Crippen LogP contribution in [0.5, 0.6) is 0 Å². The molecule has 1 aromatic heterocycles. The minimum atomic E-state index is 0.0812. The van der Waals surface area contributed by atoms with E-state index in [0.29, 0.717) is 5.92 Å². The second-order valence-electron chi connectivity index (χ2n) is 12.6. The molecule has 3 heterocycles. The van der Waals surface area contributed by atoms with Gasteiger partial charge in [-0.05, 0) is 63.9 Å². The number of nitrogens with zero attached hydrogens (tertiary/aromatic N) is 3. The summed E-state index contributed by atoms with van der Waals surface area (Å²) in [5.41, 5.74) is 4.97. The Morgan fingerprint density at radius 2 is 1.52 bits per heavy atom. The molecule has 0 radical (unpaired) electrons. The number of fused-ring (bicyclic) bond motifs is 1. The molecule has 5 nitrogen and oxygen atoms in total. The molecule has 3 aliphatic rings. The number of aromatic nitrogens is 1. The molecule has 1 atom stereocenters. The van der Waals surface area contributed by atoms with Crippen molar-refractivity contribution in [1.82, 2.24) is 15.3 Å². The van der Waals surface area contributed by atoms with Crippen LogP contribution < -0.4 is 5.32 Å². The number of rotatable bonds is 7. The van der Waals surface area contributed by atoms with Crippen LogP contribution in [-0.4, -0.2) is 52.7 Å². The van der Waals surface area contributed by atoms with Gasteiger partial charge < -0.3 is 5.32 Å². The van der Waals surface area contributed by atoms with Gasteiger partial charge in [-0.15, -0.1) is 0 Å². The second kappa shape index (κ2) is 12.4. The normalized spacial score (nSPS) is 21.2. The van der Waals surface area contributed by atoms with Crippen LogP contribution in [0.15, 0.2) is 54.6 Å². The summed E-state index contributed by atoms with van der Waals surface area (Å²) in [5.74, 6) is 0.648. The van der Waals surface area contributed by atoms with E-state index in [-0.39, 0.29) is 11.9 Å². The van der Waals surface area contributed by atoms with Gasteiger partial charge in [-0.25, -0.2) is 9.58 Å². The molecule has 0 bridgehead atoms. The molecule has 3 aromatic rings. The lowest BCUT2D eigenvalue weighted by atomic mass is 9.84. The molecule has 1 saturated carbocycles. The van der Waals surface area contributed by atoms with E-state index in [2.05, 4.69) is 65.8 Å². The van der Waals surface area contributed by atoms with Crippen molar-refractivity contribution in [2.75, 3.05) is 26.2 Å². The van der Waals surface area contributed by atoms with Crippen LogP contribution in [0.2, 0.25) is 0 Å². The zero-order valence-corrected chi connectivity index (χ0v) is 24.4. The summed E-state index contributed by atoms with van der Waals surface area (Å²) in [5, 5.41) is 7.25. The Morgan fingerprint density at radius 1 is 0.875 bits per heavy atom. The van der Waals surface area contributed by atoms with Gasteiger partial charge >= 0.3 is 0 Å². The minimum Gasteiger partial charge on any atom is -0.349 e. The third-order valence-electron chi connectivity index (χ3n) is 10.0. The lowest BCUT2D eigenvalue weighted by Gasteiger charge is -2.49. The van der Waals surface area contributed by atoms with Gasteiger partial charge in [0.05, 0.1) is 29.9 Å². The first-order chi connectivity index (χ1) is 19.6. The van der Waals surface area contributed by atoms with Crippen molar-refractivity contribution >= 4 is 16.8 Å². The van der Waals surface area contributed by atoms with Crippen LogP contribution >= 0.6 is 0 Å². The van der Waals surface area contributed by atoms with Crippen molar-refractivity contribution in [2.45, 2.75) is 90.1 Å². The molecule has 5 heteroatoms. The molecule has 1 N–H and O–H groups in total. The fourth-order valence-electron chi connectivity index (χ4n) is 7.77. The number of para-hydroxylation sites is 1. The SMILES string of the molecule is C[C@H](NC(=O)c1c(C[N+]2(N3CCCCC3)CCCCC2)c(-c2ccccc2)nc2ccccc12)C1CCCCC1. The number of likely N-dealkylation sites (tertiary alicyclic amines) is 1. The Hall–Kier alpha value is -2.76. The minimum absolute atomic E-state index is 0.0812. The number of quaternary nitrogens is 1. The summed E-state index contributed by atoms with van der Waals surface area (Å²) in [4.78, 5) is 19.8. The fourth-order valence-corrected chi connectivity index (χ4v) is 7.77. The summed E-state index contributed by atoms with van der Waals surface area (Å²) in [6.07, 6.45) is 14.0. The standard InChI is InChI=1S/C35H46N4O/c1-27(28-16-6-2-7-17-28)36-35(40)33-30-20-10-11-21-32(30)37-34(29-18-8-3-9-19-29)31(33)26-39(24-14-5-15-25-39)38-22-12-4-13-23-38/h3,8-11,18-21,27-28H,2,4-7,12-17,22-26H2,1H3/p+1/t27-/m0/s1. The number of hydrogen-bond donors (Lipinski definition) is 1. The number of amides is 1. The number of pyridine rings is 1. The summed E-state index contributed by atoms with van der Waals surface area (Å²) in [6.45, 7) is 7.68. The van der Waals surface area contributed by atoms with E-state index < -0.39 is 0 Å². The van der Waals surface area contributed by atoms with Crippen LogP contribution in [-0.2, 0) is 6.54 Å². The maximum atomic E-state index is 14.5. The van der Waals surface area contributed by atoms with Gasteiger partial charge in [0.2, 0.25) is 0 Å². The Balaban J connectivity index is 1.49. The molecule has 1 aliphatic carbocycles. The number of hydrogen-bond acceptors (Lipinski definition) is 3. The molecule has 212 valence electrons. The van der Waals surface area contributed by atoms with E-state index in [1.807, 2.05) is 6.07 Å². The highest BCUT2D eigenvalue weighted by molar-refractivity contribution is 6.09. The Morgan fingerprint density at radius 3 is 2.27 bits per heavy atom. The molecular weight excluding hydrogens is 492 g/mol. The Bertz CT molecular complexity index is 1290. The molecule has 2 saturated heterocycles. The van der Waals surface area contributed by atoms with Crippen LogP contribution in [0.4, 0.5) is 0 Å². The molecule has 1 amide bonds. The lowest BCUT2D eigenvalue weighted by Crippen LogP contribution is -2.63. The summed E-state index contributed by atoms with van der Waals surface area (Å²) in [7, 11) is 0. The number of nitrogens with one attached hydrogen (secondary N) is 1. The van der Waals surface area contributed by atoms with Crippen molar-refractivity contribution in [3.63, 3.8) is 0 Å². The van der Waals surface area contributed by atoms with Gasteiger partial charge in [-0.1, -0.05) is 74.2 Å². The quantitative estimate of drug-likeness (QED) is 0.316. The molecule has 3 fully saturated rings. The zero-order chi connectivity index (χ0) is 27.4. The third kappa shape index (κ3) is 5.69. The maximum absolute atomic E-state index is 14.5. The number of benzene rings is 2. The molecule has 6 rings (SSSR count). The first-order valence-corrected chi connectivity index (χ1v) is 16.0. The second-order valence-corrected chi connectivity index (χ2v) is 12.6. The van der Waals surface area contributed by atoms with E-state index in [0.717, 1.165) is 70.6 Å². The smallest absolute Gasteiger partial charge is 0.252 e. The van der Waals surface area contributed by atoms with Gasteiger partial charge in [-0.3, -0.25) is 4.79 Å². The van der Waals surface area contributed by atoms with Gasteiger partial charge in [0.1, 0.15) is 6.54 Å². The van der Waals surface area contributed by atoms with E-state index in [1.54, 1.807) is 0 Å². The Labute approximate surface area is 240 Å². The van der Waals surface area contributed by atoms with Crippen molar-refractivity contribution in [2.24, 2.45) is 5.92 Å². The molecule has 0 unspecified atom stereocenters. The van der Waals surface area contributed by atoms with Gasteiger partial charge in [0.15, 0.2) is 0 Å². The van der Waals surface area contributed by atoms with Gasteiger partial charge in [0, 0.05) is 35.6 Å². The van der Waals surface area contributed by atoms with Crippen molar-refractivity contribution < 1.29 is 9.39 Å². The molecule has 2 aliphatic heterocycles. The van der Waals surface area contributed by atoms with E-state index in [1.165, 1.54) is 70.6 Å². The third-order valence-corrected chi connectivity index (χ3v) is 10.0. The van der Waals surface area contributed by atoms with E-state index in [9.17, 15) is 4.79 Å². The topological polar surface area (TPSA) is 45.2 Å². The number of carbonyl (C=O) groups excluding carboxylic acids is 1. The summed E-state index contributed by atoms with van der Waals surface area (Å²) < 4.78 is 0.971. The number of carbonyl (C=O) groups is 1. The highest BCUT2D eigenvalue weighted by Crippen LogP contribution is 2.36. The lowest BCUT2D eigenvalue weighted by molar-refractivity contribution is -1.05. The maximum Gasteiger partial charge on any atom is 0.252 e. The average Bonchev–Trinajstić information content (AvgIpc) is 3.02. The van der Waals surface area contributed by atoms with Crippen LogP contribution in [0, 0.1) is 5.92 Å². The summed E-state index contributed by atoms with van der Waals surface area (Å²) in [6, 6.07) is 19.0. The van der Waals surface area contributed by atoms with Crippen LogP contribution in [0.25, 0.3) is 22.2 Å². The van der Waals surface area contributed by atoms with Crippen molar-refractivity contribution in [1.29, 1.82) is 0 Å². The zero-order valence-electron chi connectivity index (χ0n) is 24.4. The first-order valence-electron chi connectivity index (χ1n) is 16.0. The van der Waals surface area contributed by atoms with Crippen molar-refractivity contribution in [3.05, 3.63) is 65.7 Å². The first kappa shape index (κ1) is 27.4. The monoisotopic (exact) mass is 539 g/mol. The van der Waals surface area contributed by atoms with Crippen LogP contribution in [0.1, 0.15) is 93.5 Å². The molecule has 0 spiro atoms. The van der Waals surface area contributed by atoms with Crippen LogP contribution in [0.3, 0.4) is 0 Å². The molecular formula is C35H47N4O+. The average molecular weight is 540 g/mol.